The fraction of sp³-hybridized carbons (Fsp3) is 0.625. The standard InChI is InChI=1S/C16H22ClNO/c17-13-3-4-14-12(11-13)5-8-16(19)7-2-1-6-15(14,16)9-10-18/h3-4,11,19H,1-2,5-10,18H2/t15-,16+/m0/s1. The van der Waals surface area contributed by atoms with Crippen LogP contribution in [0.1, 0.15) is 49.7 Å². The first kappa shape index (κ1) is 13.4. The van der Waals surface area contributed by atoms with Crippen LogP contribution in [0.25, 0.3) is 0 Å². The average molecular weight is 280 g/mol. The van der Waals surface area contributed by atoms with Crippen molar-refractivity contribution < 1.29 is 5.11 Å². The van der Waals surface area contributed by atoms with E-state index in [1.54, 1.807) is 0 Å². The van der Waals surface area contributed by atoms with Gasteiger partial charge in [-0.1, -0.05) is 30.5 Å². The Morgan fingerprint density at radius 3 is 2.79 bits per heavy atom. The predicted octanol–water partition coefficient (Wildman–Crippen LogP) is 3.18. The molecule has 2 nitrogen and oxygen atoms in total. The Bertz CT molecular complexity index is 486. The third-order valence-electron chi connectivity index (χ3n) is 5.30. The Hall–Kier alpha value is -0.570. The van der Waals surface area contributed by atoms with Gasteiger partial charge in [-0.3, -0.25) is 0 Å². The largest absolute Gasteiger partial charge is 0.389 e. The third-order valence-corrected chi connectivity index (χ3v) is 5.53. The molecule has 0 saturated heterocycles. The maximum absolute atomic E-state index is 11.2. The topological polar surface area (TPSA) is 46.2 Å². The molecule has 1 saturated carbocycles. The SMILES string of the molecule is NCC[C@]12CCCC[C@@]1(O)CCc1cc(Cl)ccc12. The van der Waals surface area contributed by atoms with Crippen LogP contribution in [0.3, 0.4) is 0 Å². The number of benzene rings is 1. The molecule has 0 amide bonds. The van der Waals surface area contributed by atoms with Gasteiger partial charge in [-0.25, -0.2) is 0 Å². The summed E-state index contributed by atoms with van der Waals surface area (Å²) in [6.45, 7) is 0.629. The number of nitrogens with two attached hydrogens (primary N) is 1. The van der Waals surface area contributed by atoms with Crippen LogP contribution in [0, 0.1) is 0 Å². The molecule has 0 aromatic heterocycles. The minimum atomic E-state index is -0.564. The minimum Gasteiger partial charge on any atom is -0.389 e. The first-order valence-electron chi connectivity index (χ1n) is 7.33. The molecule has 3 heteroatoms. The number of hydrogen-bond acceptors (Lipinski definition) is 2. The monoisotopic (exact) mass is 279 g/mol. The van der Waals surface area contributed by atoms with E-state index >= 15 is 0 Å². The van der Waals surface area contributed by atoms with Crippen LogP contribution in [0.2, 0.25) is 5.02 Å². The smallest absolute Gasteiger partial charge is 0.0747 e. The second-order valence-corrected chi connectivity index (χ2v) is 6.60. The molecule has 0 bridgehead atoms. The van der Waals surface area contributed by atoms with E-state index < -0.39 is 5.60 Å². The predicted molar refractivity (Wildman–Crippen MR) is 78.5 cm³/mol. The number of rotatable bonds is 2. The molecule has 2 aliphatic rings. The number of fused-ring (bicyclic) bond motifs is 3. The molecule has 3 N–H and O–H groups in total. The first-order valence-corrected chi connectivity index (χ1v) is 7.70. The quantitative estimate of drug-likeness (QED) is 0.873. The van der Waals surface area contributed by atoms with Gasteiger partial charge in [-0.2, -0.15) is 0 Å². The molecule has 1 aromatic rings. The van der Waals surface area contributed by atoms with Gasteiger partial charge in [-0.15, -0.1) is 0 Å². The van der Waals surface area contributed by atoms with E-state index in [0.717, 1.165) is 43.5 Å². The van der Waals surface area contributed by atoms with Crippen LogP contribution in [0.5, 0.6) is 0 Å². The second-order valence-electron chi connectivity index (χ2n) is 6.16. The van der Waals surface area contributed by atoms with E-state index in [0.29, 0.717) is 6.54 Å². The van der Waals surface area contributed by atoms with Gasteiger partial charge in [-0.05, 0) is 61.9 Å². The van der Waals surface area contributed by atoms with Crippen LogP contribution < -0.4 is 5.73 Å². The zero-order chi connectivity index (χ0) is 13.5. The molecule has 2 aliphatic carbocycles. The molecule has 0 spiro atoms. The van der Waals surface area contributed by atoms with Crippen molar-refractivity contribution >= 4 is 11.6 Å². The van der Waals surface area contributed by atoms with Crippen LogP contribution in [0.15, 0.2) is 18.2 Å². The summed E-state index contributed by atoms with van der Waals surface area (Å²) in [5, 5.41) is 12.0. The molecule has 0 heterocycles. The van der Waals surface area contributed by atoms with Crippen molar-refractivity contribution in [3.8, 4) is 0 Å². The number of aliphatic hydroxyl groups is 1. The normalized spacial score (nSPS) is 33.6. The number of hydrogen-bond donors (Lipinski definition) is 2. The highest BCUT2D eigenvalue weighted by Gasteiger charge is 2.54. The summed E-state index contributed by atoms with van der Waals surface area (Å²) in [5.74, 6) is 0. The zero-order valence-electron chi connectivity index (χ0n) is 11.3. The van der Waals surface area contributed by atoms with Gasteiger partial charge >= 0.3 is 0 Å². The maximum atomic E-state index is 11.2. The highest BCUT2D eigenvalue weighted by atomic mass is 35.5. The van der Waals surface area contributed by atoms with Gasteiger partial charge in [0.25, 0.3) is 0 Å². The lowest BCUT2D eigenvalue weighted by Crippen LogP contribution is -2.57. The van der Waals surface area contributed by atoms with Crippen molar-refractivity contribution in [3.63, 3.8) is 0 Å². The summed E-state index contributed by atoms with van der Waals surface area (Å²) in [7, 11) is 0. The minimum absolute atomic E-state index is 0.141. The summed E-state index contributed by atoms with van der Waals surface area (Å²) in [6, 6.07) is 6.16. The van der Waals surface area contributed by atoms with E-state index in [1.807, 2.05) is 6.07 Å². The lowest BCUT2D eigenvalue weighted by atomic mass is 9.53. The van der Waals surface area contributed by atoms with Crippen LogP contribution in [-0.2, 0) is 11.8 Å². The van der Waals surface area contributed by atoms with Gasteiger partial charge in [0.15, 0.2) is 0 Å². The molecule has 0 radical (unpaired) electrons. The van der Waals surface area contributed by atoms with Crippen molar-refractivity contribution in [1.29, 1.82) is 0 Å². The average Bonchev–Trinajstić information content (AvgIpc) is 2.39. The lowest BCUT2D eigenvalue weighted by Gasteiger charge is -2.54. The van der Waals surface area contributed by atoms with Crippen molar-refractivity contribution in [2.75, 3.05) is 6.54 Å². The molecule has 2 atom stereocenters. The molecule has 1 fully saturated rings. The Kier molecular flexibility index (Phi) is 3.36. The molecular weight excluding hydrogens is 258 g/mol. The van der Waals surface area contributed by atoms with E-state index in [9.17, 15) is 5.11 Å². The Morgan fingerprint density at radius 1 is 1.21 bits per heavy atom. The molecule has 104 valence electrons. The van der Waals surface area contributed by atoms with Gasteiger partial charge in [0, 0.05) is 10.4 Å². The van der Waals surface area contributed by atoms with Crippen LogP contribution in [0.4, 0.5) is 0 Å². The highest BCUT2D eigenvalue weighted by molar-refractivity contribution is 6.30. The summed E-state index contributed by atoms with van der Waals surface area (Å²) < 4.78 is 0. The van der Waals surface area contributed by atoms with Gasteiger partial charge in [0.1, 0.15) is 0 Å². The van der Waals surface area contributed by atoms with Gasteiger partial charge < -0.3 is 10.8 Å². The first-order chi connectivity index (χ1) is 9.11. The Balaban J connectivity index is 2.15. The fourth-order valence-corrected chi connectivity index (χ4v) is 4.58. The van der Waals surface area contributed by atoms with E-state index in [4.69, 9.17) is 17.3 Å². The lowest BCUT2D eigenvalue weighted by molar-refractivity contribution is -0.0862. The van der Waals surface area contributed by atoms with Crippen LogP contribution >= 0.6 is 11.6 Å². The zero-order valence-corrected chi connectivity index (χ0v) is 12.0. The van der Waals surface area contributed by atoms with Crippen molar-refractivity contribution in [1.82, 2.24) is 0 Å². The van der Waals surface area contributed by atoms with Crippen LogP contribution in [-0.4, -0.2) is 17.3 Å². The molecule has 3 rings (SSSR count). The van der Waals surface area contributed by atoms with Crippen molar-refractivity contribution in [2.45, 2.75) is 56.0 Å². The van der Waals surface area contributed by atoms with E-state index in [1.165, 1.54) is 17.5 Å². The molecule has 19 heavy (non-hydrogen) atoms. The third kappa shape index (κ3) is 1.93. The molecule has 0 unspecified atom stereocenters. The van der Waals surface area contributed by atoms with E-state index in [-0.39, 0.29) is 5.41 Å². The summed E-state index contributed by atoms with van der Waals surface area (Å²) in [6.07, 6.45) is 6.93. The summed E-state index contributed by atoms with van der Waals surface area (Å²) in [5.41, 5.74) is 7.78. The second kappa shape index (κ2) is 4.76. The Labute approximate surface area is 120 Å². The maximum Gasteiger partial charge on any atom is 0.0747 e. The Morgan fingerprint density at radius 2 is 2.00 bits per heavy atom. The van der Waals surface area contributed by atoms with Gasteiger partial charge in [0.2, 0.25) is 0 Å². The fourth-order valence-electron chi connectivity index (χ4n) is 4.38. The highest BCUT2D eigenvalue weighted by Crippen LogP contribution is 2.54. The van der Waals surface area contributed by atoms with E-state index in [2.05, 4.69) is 12.1 Å². The van der Waals surface area contributed by atoms with Crippen molar-refractivity contribution in [3.05, 3.63) is 34.3 Å². The summed E-state index contributed by atoms with van der Waals surface area (Å²) >= 11 is 6.12. The van der Waals surface area contributed by atoms with Gasteiger partial charge in [0.05, 0.1) is 5.60 Å². The molecule has 0 aliphatic heterocycles. The number of aryl methyl sites for hydroxylation is 1. The molecular formula is C16H22ClNO. The molecule has 1 aromatic carbocycles. The summed E-state index contributed by atoms with van der Waals surface area (Å²) in [4.78, 5) is 0. The number of halogens is 1. The van der Waals surface area contributed by atoms with Crippen molar-refractivity contribution in [2.24, 2.45) is 5.73 Å².